The van der Waals surface area contributed by atoms with Gasteiger partial charge in [-0.15, -0.1) is 0 Å². The Kier molecular flexibility index (Phi) is 4.24. The fourth-order valence-electron chi connectivity index (χ4n) is 2.41. The van der Waals surface area contributed by atoms with Crippen LogP contribution in [0.4, 0.5) is 5.69 Å². The van der Waals surface area contributed by atoms with E-state index in [1.165, 1.54) is 23.9 Å². The predicted molar refractivity (Wildman–Crippen MR) is 81.6 cm³/mol. The molecule has 2 heterocycles. The lowest BCUT2D eigenvalue weighted by atomic mass is 9.85. The van der Waals surface area contributed by atoms with Crippen LogP contribution in [-0.2, 0) is 13.1 Å². The van der Waals surface area contributed by atoms with Crippen LogP contribution < -0.4 is 10.9 Å². The second-order valence-corrected chi connectivity index (χ2v) is 5.79. The molecule has 1 aliphatic rings. The molecule has 0 atom stereocenters. The average Bonchev–Trinajstić information content (AvgIpc) is 2.93. The first-order valence-electron chi connectivity index (χ1n) is 7.19. The Hall–Kier alpha value is -1.82. The van der Waals surface area contributed by atoms with Crippen molar-refractivity contribution in [3.63, 3.8) is 0 Å². The van der Waals surface area contributed by atoms with E-state index in [4.69, 9.17) is 11.6 Å². The van der Waals surface area contributed by atoms with Gasteiger partial charge < -0.3 is 9.88 Å². The number of hydrogen-bond donors (Lipinski definition) is 1. The molecule has 0 amide bonds. The zero-order chi connectivity index (χ0) is 14.7. The number of aromatic nitrogens is 4. The van der Waals surface area contributed by atoms with Crippen molar-refractivity contribution in [2.75, 3.05) is 11.9 Å². The minimum Gasteiger partial charge on any atom is -0.377 e. The van der Waals surface area contributed by atoms with Crippen molar-refractivity contribution < 1.29 is 0 Å². The first-order chi connectivity index (χ1) is 10.2. The highest BCUT2D eigenvalue weighted by Crippen LogP contribution is 2.27. The number of nitrogens with zero attached hydrogens (tertiary/aromatic N) is 4. The van der Waals surface area contributed by atoms with E-state index in [0.29, 0.717) is 29.7 Å². The van der Waals surface area contributed by atoms with Crippen LogP contribution >= 0.6 is 11.6 Å². The van der Waals surface area contributed by atoms with Gasteiger partial charge in [-0.1, -0.05) is 18.0 Å². The van der Waals surface area contributed by atoms with Gasteiger partial charge in [-0.25, -0.2) is 9.67 Å². The van der Waals surface area contributed by atoms with E-state index in [1.807, 2.05) is 10.8 Å². The highest BCUT2D eigenvalue weighted by atomic mass is 35.5. The van der Waals surface area contributed by atoms with Gasteiger partial charge in [0.05, 0.1) is 17.5 Å². The van der Waals surface area contributed by atoms with Crippen LogP contribution in [0.25, 0.3) is 0 Å². The van der Waals surface area contributed by atoms with E-state index in [9.17, 15) is 4.79 Å². The van der Waals surface area contributed by atoms with Crippen molar-refractivity contribution in [2.45, 2.75) is 32.4 Å². The van der Waals surface area contributed by atoms with E-state index in [0.717, 1.165) is 6.54 Å². The SMILES string of the molecule is O=c1c(NCCn2ccnc2)c(Cl)cnn1CC1CCC1. The molecule has 0 saturated heterocycles. The van der Waals surface area contributed by atoms with Crippen LogP contribution in [0.1, 0.15) is 19.3 Å². The quantitative estimate of drug-likeness (QED) is 0.886. The number of rotatable bonds is 6. The Bertz CT molecular complexity index is 648. The van der Waals surface area contributed by atoms with Crippen LogP contribution in [0.15, 0.2) is 29.7 Å². The molecule has 0 aromatic carbocycles. The second kappa shape index (κ2) is 6.30. The van der Waals surface area contributed by atoms with Crippen molar-refractivity contribution in [1.82, 2.24) is 19.3 Å². The molecule has 7 heteroatoms. The molecule has 1 aliphatic carbocycles. The number of anilines is 1. The van der Waals surface area contributed by atoms with Crippen molar-refractivity contribution in [1.29, 1.82) is 0 Å². The smallest absolute Gasteiger partial charge is 0.291 e. The molecule has 2 aromatic heterocycles. The van der Waals surface area contributed by atoms with E-state index in [2.05, 4.69) is 15.4 Å². The summed E-state index contributed by atoms with van der Waals surface area (Å²) >= 11 is 6.09. The highest BCUT2D eigenvalue weighted by Gasteiger charge is 2.20. The zero-order valence-electron chi connectivity index (χ0n) is 11.7. The summed E-state index contributed by atoms with van der Waals surface area (Å²) in [6, 6.07) is 0. The Morgan fingerprint density at radius 3 is 2.95 bits per heavy atom. The summed E-state index contributed by atoms with van der Waals surface area (Å²) in [5.41, 5.74) is 0.297. The van der Waals surface area contributed by atoms with Crippen molar-refractivity contribution in [3.05, 3.63) is 40.3 Å². The maximum Gasteiger partial charge on any atom is 0.291 e. The van der Waals surface area contributed by atoms with Gasteiger partial charge in [-0.05, 0) is 18.8 Å². The number of halogens is 1. The maximum atomic E-state index is 12.4. The standard InChI is InChI=1S/C14H18ClN5O/c15-12-8-18-20(9-11-2-1-3-11)14(21)13(12)17-5-7-19-6-4-16-10-19/h4,6,8,10-11,17H,1-3,5,7,9H2. The first-order valence-corrected chi connectivity index (χ1v) is 7.57. The van der Waals surface area contributed by atoms with Crippen molar-refractivity contribution in [3.8, 4) is 0 Å². The lowest BCUT2D eigenvalue weighted by Crippen LogP contribution is -2.31. The molecule has 0 bridgehead atoms. The third-order valence-corrected chi connectivity index (χ3v) is 4.17. The summed E-state index contributed by atoms with van der Waals surface area (Å²) in [5.74, 6) is 0.579. The Morgan fingerprint density at radius 2 is 2.29 bits per heavy atom. The van der Waals surface area contributed by atoms with Gasteiger partial charge in [0.25, 0.3) is 5.56 Å². The summed E-state index contributed by atoms with van der Waals surface area (Å²) in [4.78, 5) is 16.4. The Morgan fingerprint density at radius 1 is 1.43 bits per heavy atom. The Balaban J connectivity index is 1.67. The summed E-state index contributed by atoms with van der Waals surface area (Å²) in [5, 5.41) is 7.62. The summed E-state index contributed by atoms with van der Waals surface area (Å²) in [6.45, 7) is 2.02. The largest absolute Gasteiger partial charge is 0.377 e. The summed E-state index contributed by atoms with van der Waals surface area (Å²) in [6.07, 6.45) is 10.5. The molecule has 2 aromatic rings. The van der Waals surface area contributed by atoms with Crippen molar-refractivity contribution >= 4 is 17.3 Å². The topological polar surface area (TPSA) is 64.7 Å². The highest BCUT2D eigenvalue weighted by molar-refractivity contribution is 6.32. The number of hydrogen-bond acceptors (Lipinski definition) is 4. The van der Waals surface area contributed by atoms with E-state index in [-0.39, 0.29) is 5.56 Å². The zero-order valence-corrected chi connectivity index (χ0v) is 12.5. The normalized spacial score (nSPS) is 14.9. The van der Waals surface area contributed by atoms with Gasteiger partial charge in [0.15, 0.2) is 0 Å². The fraction of sp³-hybridized carbons (Fsp3) is 0.500. The van der Waals surface area contributed by atoms with Gasteiger partial charge in [-0.2, -0.15) is 5.10 Å². The molecule has 1 fully saturated rings. The fourth-order valence-corrected chi connectivity index (χ4v) is 2.60. The molecule has 3 rings (SSSR count). The minimum atomic E-state index is -0.139. The Labute approximate surface area is 127 Å². The molecular weight excluding hydrogens is 290 g/mol. The third-order valence-electron chi connectivity index (χ3n) is 3.88. The lowest BCUT2D eigenvalue weighted by Gasteiger charge is -2.25. The average molecular weight is 308 g/mol. The molecule has 6 nitrogen and oxygen atoms in total. The molecule has 0 radical (unpaired) electrons. The minimum absolute atomic E-state index is 0.139. The van der Waals surface area contributed by atoms with Crippen LogP contribution in [0.3, 0.4) is 0 Å². The van der Waals surface area contributed by atoms with E-state index < -0.39 is 0 Å². The lowest BCUT2D eigenvalue weighted by molar-refractivity contribution is 0.262. The molecule has 21 heavy (non-hydrogen) atoms. The van der Waals surface area contributed by atoms with Gasteiger partial charge in [0, 0.05) is 32.0 Å². The van der Waals surface area contributed by atoms with Crippen LogP contribution in [0.2, 0.25) is 5.02 Å². The van der Waals surface area contributed by atoms with E-state index in [1.54, 1.807) is 18.7 Å². The third kappa shape index (κ3) is 3.26. The molecule has 1 saturated carbocycles. The maximum absolute atomic E-state index is 12.4. The van der Waals surface area contributed by atoms with Gasteiger partial charge >= 0.3 is 0 Å². The van der Waals surface area contributed by atoms with Crippen LogP contribution in [-0.4, -0.2) is 25.9 Å². The molecule has 0 aliphatic heterocycles. The van der Waals surface area contributed by atoms with Crippen LogP contribution in [0, 0.1) is 5.92 Å². The second-order valence-electron chi connectivity index (χ2n) is 5.38. The summed E-state index contributed by atoms with van der Waals surface area (Å²) in [7, 11) is 0. The molecule has 112 valence electrons. The van der Waals surface area contributed by atoms with Crippen LogP contribution in [0.5, 0.6) is 0 Å². The number of imidazole rings is 1. The van der Waals surface area contributed by atoms with E-state index >= 15 is 0 Å². The van der Waals surface area contributed by atoms with Gasteiger partial charge in [-0.3, -0.25) is 4.79 Å². The van der Waals surface area contributed by atoms with Gasteiger partial charge in [0.1, 0.15) is 5.69 Å². The first kappa shape index (κ1) is 14.1. The summed E-state index contributed by atoms with van der Waals surface area (Å²) < 4.78 is 3.46. The molecule has 1 N–H and O–H groups in total. The predicted octanol–water partition coefficient (Wildman–Crippen LogP) is 2.01. The molecule has 0 spiro atoms. The monoisotopic (exact) mass is 307 g/mol. The van der Waals surface area contributed by atoms with Gasteiger partial charge in [0.2, 0.25) is 0 Å². The molecule has 0 unspecified atom stereocenters. The van der Waals surface area contributed by atoms with Crippen molar-refractivity contribution in [2.24, 2.45) is 5.92 Å². The number of nitrogens with one attached hydrogen (secondary N) is 1. The molecular formula is C14H18ClN5O.